The molecule has 9 heteroatoms. The van der Waals surface area contributed by atoms with Crippen molar-refractivity contribution in [2.75, 3.05) is 13.6 Å². The maximum Gasteiger partial charge on any atom is 0.252 e. The predicted molar refractivity (Wildman–Crippen MR) is 89.9 cm³/mol. The van der Waals surface area contributed by atoms with Crippen molar-refractivity contribution in [1.82, 2.24) is 14.6 Å². The number of likely N-dealkylation sites (N-methyl/N-ethyl adjacent to an activating group) is 1. The first-order chi connectivity index (χ1) is 10.8. The van der Waals surface area contributed by atoms with Crippen LogP contribution in [0.4, 0.5) is 0 Å². The lowest BCUT2D eigenvalue weighted by molar-refractivity contribution is -0.121. The molecule has 0 aliphatic heterocycles. The van der Waals surface area contributed by atoms with Crippen molar-refractivity contribution in [1.29, 1.82) is 0 Å². The molecule has 0 saturated carbocycles. The van der Waals surface area contributed by atoms with Crippen LogP contribution in [0.3, 0.4) is 0 Å². The number of hydrogen-bond acceptors (Lipinski definition) is 5. The molecule has 2 heterocycles. The zero-order valence-corrected chi connectivity index (χ0v) is 15.0. The third-order valence-corrected chi connectivity index (χ3v) is 6.59. The molecule has 0 radical (unpaired) electrons. The SMILES string of the molecule is CC(NC(=O)CN(C)S(=O)(=O)c1ccc(Cl)s1)c1ccccn1. The number of rotatable bonds is 6. The molecule has 0 saturated heterocycles. The van der Waals surface area contributed by atoms with Gasteiger partial charge < -0.3 is 5.32 Å². The predicted octanol–water partition coefficient (Wildman–Crippen LogP) is 2.29. The van der Waals surface area contributed by atoms with E-state index in [-0.39, 0.29) is 16.8 Å². The van der Waals surface area contributed by atoms with Gasteiger partial charge in [-0.15, -0.1) is 11.3 Å². The Kier molecular flexibility index (Phi) is 5.74. The number of hydrogen-bond donors (Lipinski definition) is 1. The first-order valence-corrected chi connectivity index (χ1v) is 9.36. The number of nitrogens with one attached hydrogen (secondary N) is 1. The summed E-state index contributed by atoms with van der Waals surface area (Å²) in [4.78, 5) is 16.2. The van der Waals surface area contributed by atoms with E-state index >= 15 is 0 Å². The number of nitrogens with zero attached hydrogens (tertiary/aromatic N) is 2. The molecule has 0 fully saturated rings. The van der Waals surface area contributed by atoms with Crippen LogP contribution in [-0.2, 0) is 14.8 Å². The van der Waals surface area contributed by atoms with Crippen LogP contribution in [0.25, 0.3) is 0 Å². The van der Waals surface area contributed by atoms with Gasteiger partial charge in [-0.25, -0.2) is 8.42 Å². The largest absolute Gasteiger partial charge is 0.347 e. The van der Waals surface area contributed by atoms with E-state index in [1.807, 2.05) is 6.07 Å². The minimum atomic E-state index is -3.72. The van der Waals surface area contributed by atoms with Gasteiger partial charge in [0.15, 0.2) is 0 Å². The molecule has 0 bridgehead atoms. The Labute approximate surface area is 144 Å². The second-order valence-electron chi connectivity index (χ2n) is 4.86. The minimum absolute atomic E-state index is 0.107. The monoisotopic (exact) mass is 373 g/mol. The fourth-order valence-electron chi connectivity index (χ4n) is 1.87. The fourth-order valence-corrected chi connectivity index (χ4v) is 4.69. The Morgan fingerprint density at radius 3 is 2.70 bits per heavy atom. The maximum atomic E-state index is 12.3. The van der Waals surface area contributed by atoms with Crippen molar-refractivity contribution < 1.29 is 13.2 Å². The van der Waals surface area contributed by atoms with E-state index in [1.165, 1.54) is 19.2 Å². The average molecular weight is 374 g/mol. The normalized spacial score (nSPS) is 13.0. The van der Waals surface area contributed by atoms with Crippen LogP contribution in [0.5, 0.6) is 0 Å². The summed E-state index contributed by atoms with van der Waals surface area (Å²) in [7, 11) is -2.37. The molecule has 23 heavy (non-hydrogen) atoms. The van der Waals surface area contributed by atoms with E-state index in [9.17, 15) is 13.2 Å². The fraction of sp³-hybridized carbons (Fsp3) is 0.286. The second-order valence-corrected chi connectivity index (χ2v) is 8.85. The van der Waals surface area contributed by atoms with Gasteiger partial charge >= 0.3 is 0 Å². The zero-order chi connectivity index (χ0) is 17.0. The molecule has 2 aromatic rings. The molecular weight excluding hydrogens is 358 g/mol. The standard InChI is InChI=1S/C14H16ClN3O3S2/c1-10(11-5-3-4-8-16-11)17-13(19)9-18(2)23(20,21)14-7-6-12(15)22-14/h3-8,10H,9H2,1-2H3,(H,17,19). The second kappa shape index (κ2) is 7.39. The van der Waals surface area contributed by atoms with E-state index in [0.717, 1.165) is 15.6 Å². The smallest absolute Gasteiger partial charge is 0.252 e. The Morgan fingerprint density at radius 2 is 2.13 bits per heavy atom. The molecule has 1 N–H and O–H groups in total. The van der Waals surface area contributed by atoms with Gasteiger partial charge in [-0.05, 0) is 31.2 Å². The average Bonchev–Trinajstić information content (AvgIpc) is 2.95. The Balaban J connectivity index is 1.99. The summed E-state index contributed by atoms with van der Waals surface area (Å²) >= 11 is 6.72. The number of halogens is 1. The van der Waals surface area contributed by atoms with Gasteiger partial charge in [-0.1, -0.05) is 17.7 Å². The topological polar surface area (TPSA) is 79.4 Å². The number of amides is 1. The summed E-state index contributed by atoms with van der Waals surface area (Å²) in [6.07, 6.45) is 1.63. The Morgan fingerprint density at radius 1 is 1.39 bits per heavy atom. The Hall–Kier alpha value is -1.48. The lowest BCUT2D eigenvalue weighted by Gasteiger charge is -2.18. The van der Waals surface area contributed by atoms with E-state index in [0.29, 0.717) is 10.0 Å². The molecule has 124 valence electrons. The van der Waals surface area contributed by atoms with Crippen molar-refractivity contribution in [2.24, 2.45) is 0 Å². The summed E-state index contributed by atoms with van der Waals surface area (Å²) in [6.45, 7) is 1.50. The molecule has 0 aromatic carbocycles. The van der Waals surface area contributed by atoms with Crippen LogP contribution in [0.1, 0.15) is 18.7 Å². The molecule has 2 aromatic heterocycles. The summed E-state index contributed by atoms with van der Waals surface area (Å²) in [5.74, 6) is -0.406. The van der Waals surface area contributed by atoms with E-state index in [1.54, 1.807) is 25.3 Å². The highest BCUT2D eigenvalue weighted by Crippen LogP contribution is 2.27. The molecular formula is C14H16ClN3O3S2. The van der Waals surface area contributed by atoms with Crippen LogP contribution in [-0.4, -0.2) is 37.2 Å². The van der Waals surface area contributed by atoms with Crippen molar-refractivity contribution in [2.45, 2.75) is 17.2 Å². The summed E-state index contributed by atoms with van der Waals surface area (Å²) in [5.41, 5.74) is 0.705. The van der Waals surface area contributed by atoms with Gasteiger partial charge in [-0.2, -0.15) is 4.31 Å². The van der Waals surface area contributed by atoms with Crippen molar-refractivity contribution in [3.8, 4) is 0 Å². The first kappa shape index (κ1) is 17.9. The number of sulfonamides is 1. The zero-order valence-electron chi connectivity index (χ0n) is 12.6. The lowest BCUT2D eigenvalue weighted by Crippen LogP contribution is -2.39. The molecule has 1 amide bonds. The van der Waals surface area contributed by atoms with Gasteiger partial charge in [0.2, 0.25) is 5.91 Å². The van der Waals surface area contributed by atoms with E-state index in [4.69, 9.17) is 11.6 Å². The highest BCUT2D eigenvalue weighted by Gasteiger charge is 2.25. The molecule has 0 aliphatic rings. The van der Waals surface area contributed by atoms with Crippen LogP contribution in [0.2, 0.25) is 4.34 Å². The lowest BCUT2D eigenvalue weighted by atomic mass is 10.2. The molecule has 0 aliphatic carbocycles. The number of carbonyl (C=O) groups is 1. The first-order valence-electron chi connectivity index (χ1n) is 6.72. The number of thiophene rings is 1. The number of aromatic nitrogens is 1. The number of pyridine rings is 1. The van der Waals surface area contributed by atoms with Crippen LogP contribution in [0, 0.1) is 0 Å². The molecule has 6 nitrogen and oxygen atoms in total. The van der Waals surface area contributed by atoms with Crippen LogP contribution in [0.15, 0.2) is 40.7 Å². The summed E-state index contributed by atoms with van der Waals surface area (Å²) in [6, 6.07) is 8.02. The highest BCUT2D eigenvalue weighted by atomic mass is 35.5. The van der Waals surface area contributed by atoms with Crippen molar-refractivity contribution in [3.05, 3.63) is 46.6 Å². The maximum absolute atomic E-state index is 12.3. The van der Waals surface area contributed by atoms with E-state index in [2.05, 4.69) is 10.3 Å². The molecule has 1 atom stereocenters. The molecule has 2 rings (SSSR count). The van der Waals surface area contributed by atoms with Gasteiger partial charge in [0.25, 0.3) is 10.0 Å². The minimum Gasteiger partial charge on any atom is -0.347 e. The summed E-state index contributed by atoms with van der Waals surface area (Å²) in [5, 5.41) is 2.73. The van der Waals surface area contributed by atoms with Crippen LogP contribution >= 0.6 is 22.9 Å². The number of carbonyl (C=O) groups excluding carboxylic acids is 1. The van der Waals surface area contributed by atoms with Gasteiger partial charge in [0.05, 0.1) is 22.6 Å². The molecule has 0 spiro atoms. The van der Waals surface area contributed by atoms with Gasteiger partial charge in [-0.3, -0.25) is 9.78 Å². The summed E-state index contributed by atoms with van der Waals surface area (Å²) < 4.78 is 26.1. The molecule has 1 unspecified atom stereocenters. The highest BCUT2D eigenvalue weighted by molar-refractivity contribution is 7.91. The van der Waals surface area contributed by atoms with Crippen molar-refractivity contribution >= 4 is 38.9 Å². The van der Waals surface area contributed by atoms with Crippen molar-refractivity contribution in [3.63, 3.8) is 0 Å². The Bertz CT molecular complexity index is 778. The van der Waals surface area contributed by atoms with Gasteiger partial charge in [0.1, 0.15) is 4.21 Å². The van der Waals surface area contributed by atoms with E-state index < -0.39 is 15.9 Å². The van der Waals surface area contributed by atoms with Gasteiger partial charge in [0, 0.05) is 13.2 Å². The van der Waals surface area contributed by atoms with Crippen LogP contribution < -0.4 is 5.32 Å². The third kappa shape index (κ3) is 4.51. The third-order valence-electron chi connectivity index (χ3n) is 3.09. The quantitative estimate of drug-likeness (QED) is 0.842.